The van der Waals surface area contributed by atoms with Crippen LogP contribution in [0, 0.1) is 0 Å². The smallest absolute Gasteiger partial charge is 0.531 e. The quantitative estimate of drug-likeness (QED) is 0.221. The number of halogens is 3. The van der Waals surface area contributed by atoms with Crippen LogP contribution in [0.1, 0.15) is 0 Å². The maximum absolute atomic E-state index is 8.67. The van der Waals surface area contributed by atoms with Gasteiger partial charge in [-0.3, -0.25) is 67.8 Å². The third-order valence-electron chi connectivity index (χ3n) is 0. The van der Waals surface area contributed by atoms with Gasteiger partial charge in [0.2, 0.25) is 0 Å². The Morgan fingerprint density at radius 1 is 0.700 bits per heavy atom. The fourth-order valence-corrected chi connectivity index (χ4v) is 0. The van der Waals surface area contributed by atoms with Crippen molar-refractivity contribution in [2.24, 2.45) is 0 Å². The van der Waals surface area contributed by atoms with E-state index in [-0.39, 0.29) is 17.4 Å². The topological polar surface area (TPSA) is 51.2 Å². The Kier molecular flexibility index (Phi) is 103. The van der Waals surface area contributed by atoms with Gasteiger partial charge < -0.3 is 14.4 Å². The Labute approximate surface area is 111 Å². The van der Waals surface area contributed by atoms with Gasteiger partial charge in [-0.25, -0.2) is 0 Å². The summed E-state index contributed by atoms with van der Waals surface area (Å²) in [5.41, 5.74) is 0. The van der Waals surface area contributed by atoms with Gasteiger partial charge in [0.1, 0.15) is 0 Å². The number of hydrogen-bond acceptors (Lipinski definition) is 3. The van der Waals surface area contributed by atoms with E-state index in [9.17, 15) is 0 Å². The first kappa shape index (κ1) is 22.6. The van der Waals surface area contributed by atoms with E-state index in [4.69, 9.17) is 14.4 Å². The molecule has 0 unspecified atom stereocenters. The van der Waals surface area contributed by atoms with E-state index in [1.165, 1.54) is 80.7 Å². The molecule has 0 bridgehead atoms. The monoisotopic (exact) mass is 492 g/mol. The predicted octanol–water partition coefficient (Wildman–Crippen LogP) is 1.09. The SMILES string of the molecule is O=[C-]I.O=[C-]I.O=[C-]I.[Al+3]. The maximum Gasteiger partial charge on any atom is 3.00 e. The van der Waals surface area contributed by atoms with Gasteiger partial charge in [-0.05, 0) is 0 Å². The summed E-state index contributed by atoms with van der Waals surface area (Å²) in [4.78, 5) is 26.0. The minimum atomic E-state index is 0. The summed E-state index contributed by atoms with van der Waals surface area (Å²) in [6.45, 7) is 0. The summed E-state index contributed by atoms with van der Waals surface area (Å²) in [5.74, 6) is 0. The van der Waals surface area contributed by atoms with Crippen LogP contribution >= 0.6 is 67.8 Å². The van der Waals surface area contributed by atoms with Crippen LogP contribution in [0.4, 0.5) is 0 Å². The molecule has 0 aliphatic heterocycles. The molecular weight excluding hydrogens is 492 g/mol. The Balaban J connectivity index is -0.0000000257. The van der Waals surface area contributed by atoms with Crippen molar-refractivity contribution in [1.82, 2.24) is 0 Å². The number of carbonyl (C=O) groups excluding carboxylic acids is 3. The van der Waals surface area contributed by atoms with Crippen molar-refractivity contribution in [3.8, 4) is 0 Å². The average Bonchev–Trinajstić information content (AvgIpc) is 1.70. The van der Waals surface area contributed by atoms with Crippen molar-refractivity contribution in [3.63, 3.8) is 0 Å². The Hall–Kier alpha value is 1.73. The van der Waals surface area contributed by atoms with Crippen LogP contribution in [0.5, 0.6) is 0 Å². The van der Waals surface area contributed by atoms with Gasteiger partial charge in [0.05, 0.1) is 0 Å². The number of hydrogen-bond donors (Lipinski definition) is 0. The minimum absolute atomic E-state index is 0. The predicted molar refractivity (Wildman–Crippen MR) is 64.9 cm³/mol. The molecule has 0 aromatic rings. The molecular formula is C3AlI3O3. The van der Waals surface area contributed by atoms with E-state index in [1.54, 1.807) is 0 Å². The van der Waals surface area contributed by atoms with E-state index < -0.39 is 0 Å². The van der Waals surface area contributed by atoms with Gasteiger partial charge in [-0.2, -0.15) is 12.9 Å². The molecule has 0 amide bonds. The van der Waals surface area contributed by atoms with Crippen LogP contribution < -0.4 is 0 Å². The zero-order valence-electron chi connectivity index (χ0n) is 4.44. The molecule has 0 saturated carbocycles. The summed E-state index contributed by atoms with van der Waals surface area (Å²) in [7, 11) is 0. The molecule has 0 spiro atoms. The molecule has 0 saturated heterocycles. The minimum Gasteiger partial charge on any atom is -0.531 e. The first-order valence-electron chi connectivity index (χ1n) is 1.18. The van der Waals surface area contributed by atoms with Crippen LogP contribution in [0.15, 0.2) is 0 Å². The molecule has 0 rings (SSSR count). The molecule has 7 heteroatoms. The Bertz CT molecular complexity index is 55.7. The van der Waals surface area contributed by atoms with Crippen LogP contribution in [0.3, 0.4) is 0 Å². The van der Waals surface area contributed by atoms with E-state index >= 15 is 0 Å². The second kappa shape index (κ2) is 45.4. The molecule has 0 N–H and O–H groups in total. The first-order valence-corrected chi connectivity index (χ1v) is 4.42. The van der Waals surface area contributed by atoms with Crippen molar-refractivity contribution < 1.29 is 14.4 Å². The van der Waals surface area contributed by atoms with E-state index in [0.717, 1.165) is 0 Å². The third kappa shape index (κ3) is 247. The summed E-state index contributed by atoms with van der Waals surface area (Å²) in [6, 6.07) is 0. The van der Waals surface area contributed by atoms with Gasteiger partial charge in [-0.1, -0.05) is 0 Å². The fraction of sp³-hybridized carbons (Fsp3) is 0. The van der Waals surface area contributed by atoms with E-state index in [2.05, 4.69) is 0 Å². The second-order valence-electron chi connectivity index (χ2n) is 0.231. The van der Waals surface area contributed by atoms with Crippen molar-refractivity contribution >= 4 is 98.0 Å². The van der Waals surface area contributed by atoms with Gasteiger partial charge in [0, 0.05) is 0 Å². The summed E-state index contributed by atoms with van der Waals surface area (Å²) in [6.07, 6.45) is 0. The first-order chi connectivity index (χ1) is 4.24. The van der Waals surface area contributed by atoms with Gasteiger partial charge in [0.15, 0.2) is 0 Å². The second-order valence-corrected chi connectivity index (χ2v) is 1.55. The molecule has 0 aliphatic rings. The van der Waals surface area contributed by atoms with Crippen LogP contribution in [-0.2, 0) is 14.4 Å². The molecule has 0 aromatic carbocycles. The maximum atomic E-state index is 8.67. The fourth-order valence-electron chi connectivity index (χ4n) is 0. The Morgan fingerprint density at radius 3 is 0.700 bits per heavy atom. The molecule has 0 fully saturated rings. The van der Waals surface area contributed by atoms with Crippen molar-refractivity contribution in [1.29, 1.82) is 0 Å². The molecule has 0 atom stereocenters. The summed E-state index contributed by atoms with van der Waals surface area (Å²) >= 11 is 4.45. The van der Waals surface area contributed by atoms with Gasteiger partial charge >= 0.3 is 17.4 Å². The third-order valence-corrected chi connectivity index (χ3v) is 0. The largest absolute Gasteiger partial charge is 3.00 e. The standard InChI is InChI=1S/3CIO.Al/c3*2-1-3;/q3*-1;+3. The van der Waals surface area contributed by atoms with Crippen LogP contribution in [-0.4, -0.2) is 30.2 Å². The zero-order chi connectivity index (χ0) is 8.12. The average molecular weight is 492 g/mol. The normalized spacial score (nSPS) is 3.90. The van der Waals surface area contributed by atoms with Crippen molar-refractivity contribution in [3.05, 3.63) is 0 Å². The zero-order valence-corrected chi connectivity index (χ0v) is 12.1. The van der Waals surface area contributed by atoms with Crippen LogP contribution in [0.2, 0.25) is 0 Å². The Morgan fingerprint density at radius 2 is 0.700 bits per heavy atom. The van der Waals surface area contributed by atoms with E-state index in [1.807, 2.05) is 0 Å². The molecule has 0 heterocycles. The van der Waals surface area contributed by atoms with Gasteiger partial charge in [0.25, 0.3) is 0 Å². The van der Waals surface area contributed by atoms with Crippen molar-refractivity contribution in [2.45, 2.75) is 0 Å². The molecule has 3 nitrogen and oxygen atoms in total. The van der Waals surface area contributed by atoms with E-state index in [0.29, 0.717) is 0 Å². The molecule has 0 aromatic heterocycles. The van der Waals surface area contributed by atoms with Crippen LogP contribution in [0.25, 0.3) is 0 Å². The molecule has 10 heavy (non-hydrogen) atoms. The summed E-state index contributed by atoms with van der Waals surface area (Å²) in [5, 5.41) is 0. The molecule has 54 valence electrons. The van der Waals surface area contributed by atoms with Gasteiger partial charge in [-0.15, -0.1) is 0 Å². The summed E-state index contributed by atoms with van der Waals surface area (Å²) < 4.78 is 4.41. The van der Waals surface area contributed by atoms with Crippen molar-refractivity contribution in [2.75, 3.05) is 0 Å². The number of rotatable bonds is 0. The molecule has 0 radical (unpaired) electrons. The molecule has 0 aliphatic carbocycles.